The molecule has 1 heterocycles. The minimum absolute atomic E-state index is 0.177. The lowest BCUT2D eigenvalue weighted by Gasteiger charge is -2.16. The Bertz CT molecular complexity index is 601. The lowest BCUT2D eigenvalue weighted by atomic mass is 10.1. The van der Waals surface area contributed by atoms with Gasteiger partial charge in [-0.25, -0.2) is 9.97 Å². The summed E-state index contributed by atoms with van der Waals surface area (Å²) in [5.41, 5.74) is 1.21. The first kappa shape index (κ1) is 15.8. The molecule has 0 saturated heterocycles. The first-order chi connectivity index (χ1) is 10.1. The van der Waals surface area contributed by atoms with E-state index in [1.165, 1.54) is 5.56 Å². The van der Waals surface area contributed by atoms with Crippen molar-refractivity contribution in [1.29, 1.82) is 0 Å². The van der Waals surface area contributed by atoms with Gasteiger partial charge in [0.2, 0.25) is 0 Å². The summed E-state index contributed by atoms with van der Waals surface area (Å²) >= 11 is 3.51. The van der Waals surface area contributed by atoms with Crippen molar-refractivity contribution >= 4 is 27.6 Å². The molecular weight excluding hydrogens is 328 g/mol. The molecule has 0 radical (unpaired) electrons. The van der Waals surface area contributed by atoms with Crippen LogP contribution in [-0.4, -0.2) is 17.0 Å². The second-order valence-corrected chi connectivity index (χ2v) is 5.89. The molecule has 0 aliphatic carbocycles. The van der Waals surface area contributed by atoms with Crippen molar-refractivity contribution in [2.45, 2.75) is 32.7 Å². The molecule has 112 valence electrons. The van der Waals surface area contributed by atoms with E-state index in [1.54, 1.807) is 0 Å². The Morgan fingerprint density at radius 3 is 2.62 bits per heavy atom. The number of hydrogen-bond acceptors (Lipinski definition) is 4. The highest BCUT2D eigenvalue weighted by molar-refractivity contribution is 9.10. The van der Waals surface area contributed by atoms with Gasteiger partial charge in [0.25, 0.3) is 0 Å². The van der Waals surface area contributed by atoms with Gasteiger partial charge in [-0.1, -0.05) is 35.0 Å². The lowest BCUT2D eigenvalue weighted by Crippen LogP contribution is -2.10. The summed E-state index contributed by atoms with van der Waals surface area (Å²) in [5, 5.41) is 6.54. The van der Waals surface area contributed by atoms with Crippen LogP contribution in [0.25, 0.3) is 0 Å². The fourth-order valence-electron chi connectivity index (χ4n) is 2.12. The zero-order valence-corrected chi connectivity index (χ0v) is 14.2. The van der Waals surface area contributed by atoms with Gasteiger partial charge >= 0.3 is 0 Å². The van der Waals surface area contributed by atoms with Crippen LogP contribution in [0.2, 0.25) is 0 Å². The molecule has 0 amide bonds. The molecule has 0 saturated carbocycles. The minimum Gasteiger partial charge on any atom is -0.373 e. The predicted octanol–water partition coefficient (Wildman–Crippen LogP) is 4.41. The fourth-order valence-corrected chi connectivity index (χ4v) is 2.53. The average Bonchev–Trinajstić information content (AvgIpc) is 2.47. The molecule has 1 unspecified atom stereocenters. The number of rotatable bonds is 6. The Morgan fingerprint density at radius 2 is 1.95 bits per heavy atom. The molecule has 2 rings (SSSR count). The van der Waals surface area contributed by atoms with Crippen molar-refractivity contribution in [3.63, 3.8) is 0 Å². The SMILES string of the molecule is CCCc1nc(NC)cc(NC(C)c2cccc(Br)c2)n1. The third-order valence-corrected chi connectivity index (χ3v) is 3.71. The van der Waals surface area contributed by atoms with Crippen LogP contribution >= 0.6 is 15.9 Å². The van der Waals surface area contributed by atoms with E-state index >= 15 is 0 Å². The first-order valence-electron chi connectivity index (χ1n) is 7.20. The second-order valence-electron chi connectivity index (χ2n) is 4.98. The van der Waals surface area contributed by atoms with Crippen LogP contribution in [0.1, 0.15) is 37.7 Å². The highest BCUT2D eigenvalue weighted by atomic mass is 79.9. The van der Waals surface area contributed by atoms with Crippen LogP contribution in [-0.2, 0) is 6.42 Å². The summed E-state index contributed by atoms with van der Waals surface area (Å²) in [7, 11) is 1.87. The number of benzene rings is 1. The van der Waals surface area contributed by atoms with Gasteiger partial charge in [0.15, 0.2) is 0 Å². The van der Waals surface area contributed by atoms with Crippen LogP contribution in [0, 0.1) is 0 Å². The Hall–Kier alpha value is -1.62. The van der Waals surface area contributed by atoms with Gasteiger partial charge in [0, 0.05) is 30.0 Å². The number of anilines is 2. The standard InChI is InChI=1S/C16H21BrN4/c1-4-6-14-20-15(18-3)10-16(21-14)19-11(2)12-7-5-8-13(17)9-12/h5,7-11H,4,6H2,1-3H3,(H2,18,19,20,21). The molecule has 21 heavy (non-hydrogen) atoms. The predicted molar refractivity (Wildman–Crippen MR) is 91.8 cm³/mol. The highest BCUT2D eigenvalue weighted by Gasteiger charge is 2.09. The maximum atomic E-state index is 4.59. The molecule has 0 bridgehead atoms. The summed E-state index contributed by atoms with van der Waals surface area (Å²) in [5.74, 6) is 2.57. The summed E-state index contributed by atoms with van der Waals surface area (Å²) < 4.78 is 1.08. The molecule has 1 aromatic heterocycles. The van der Waals surface area contributed by atoms with Crippen LogP contribution in [0.4, 0.5) is 11.6 Å². The van der Waals surface area contributed by atoms with Crippen molar-refractivity contribution in [3.05, 3.63) is 46.2 Å². The van der Waals surface area contributed by atoms with E-state index in [9.17, 15) is 0 Å². The molecule has 0 spiro atoms. The molecule has 2 aromatic rings. The van der Waals surface area contributed by atoms with Gasteiger partial charge in [-0.2, -0.15) is 0 Å². The van der Waals surface area contributed by atoms with E-state index in [2.05, 4.69) is 62.5 Å². The maximum Gasteiger partial charge on any atom is 0.133 e. The number of aromatic nitrogens is 2. The molecular formula is C16H21BrN4. The summed E-state index contributed by atoms with van der Waals surface area (Å²) in [4.78, 5) is 9.05. The highest BCUT2D eigenvalue weighted by Crippen LogP contribution is 2.22. The minimum atomic E-state index is 0.177. The molecule has 1 aromatic carbocycles. The Balaban J connectivity index is 2.19. The topological polar surface area (TPSA) is 49.8 Å². The van der Waals surface area contributed by atoms with E-state index in [-0.39, 0.29) is 6.04 Å². The number of halogens is 1. The van der Waals surface area contributed by atoms with E-state index in [4.69, 9.17) is 0 Å². The van der Waals surface area contributed by atoms with E-state index in [0.717, 1.165) is 34.8 Å². The largest absolute Gasteiger partial charge is 0.373 e. The van der Waals surface area contributed by atoms with Gasteiger partial charge in [0.1, 0.15) is 17.5 Å². The van der Waals surface area contributed by atoms with Crippen LogP contribution in [0.3, 0.4) is 0 Å². The van der Waals surface area contributed by atoms with Gasteiger partial charge in [-0.15, -0.1) is 0 Å². The smallest absolute Gasteiger partial charge is 0.133 e. The quantitative estimate of drug-likeness (QED) is 0.811. The zero-order chi connectivity index (χ0) is 15.2. The molecule has 2 N–H and O–H groups in total. The van der Waals surface area contributed by atoms with Crippen molar-refractivity contribution in [2.24, 2.45) is 0 Å². The molecule has 0 aliphatic heterocycles. The van der Waals surface area contributed by atoms with Gasteiger partial charge in [0.05, 0.1) is 0 Å². The summed E-state index contributed by atoms with van der Waals surface area (Å²) in [6.07, 6.45) is 1.92. The van der Waals surface area contributed by atoms with Gasteiger partial charge in [-0.3, -0.25) is 0 Å². The van der Waals surface area contributed by atoms with Crippen molar-refractivity contribution < 1.29 is 0 Å². The second kappa shape index (κ2) is 7.41. The van der Waals surface area contributed by atoms with Crippen molar-refractivity contribution in [3.8, 4) is 0 Å². The van der Waals surface area contributed by atoms with Crippen LogP contribution in [0.5, 0.6) is 0 Å². The number of aryl methyl sites for hydroxylation is 1. The monoisotopic (exact) mass is 348 g/mol. The van der Waals surface area contributed by atoms with Crippen LogP contribution < -0.4 is 10.6 Å². The Morgan fingerprint density at radius 1 is 1.19 bits per heavy atom. The van der Waals surface area contributed by atoms with Gasteiger partial charge < -0.3 is 10.6 Å². The third-order valence-electron chi connectivity index (χ3n) is 3.22. The summed E-state index contributed by atoms with van der Waals surface area (Å²) in [6, 6.07) is 10.4. The molecule has 5 heteroatoms. The van der Waals surface area contributed by atoms with Crippen LogP contribution in [0.15, 0.2) is 34.8 Å². The summed E-state index contributed by atoms with van der Waals surface area (Å²) in [6.45, 7) is 4.26. The number of nitrogens with zero attached hydrogens (tertiary/aromatic N) is 2. The molecule has 0 aliphatic rings. The van der Waals surface area contributed by atoms with Gasteiger partial charge in [-0.05, 0) is 31.0 Å². The fraction of sp³-hybridized carbons (Fsp3) is 0.375. The number of nitrogens with one attached hydrogen (secondary N) is 2. The van der Waals surface area contributed by atoms with Crippen molar-refractivity contribution in [1.82, 2.24) is 9.97 Å². The Labute approximate surface area is 134 Å². The van der Waals surface area contributed by atoms with E-state index in [1.807, 2.05) is 25.2 Å². The zero-order valence-electron chi connectivity index (χ0n) is 12.7. The van der Waals surface area contributed by atoms with E-state index in [0.29, 0.717) is 0 Å². The number of hydrogen-bond donors (Lipinski definition) is 2. The normalized spacial score (nSPS) is 12.0. The van der Waals surface area contributed by atoms with Crippen molar-refractivity contribution in [2.75, 3.05) is 17.7 Å². The van der Waals surface area contributed by atoms with E-state index < -0.39 is 0 Å². The third kappa shape index (κ3) is 4.43. The maximum absolute atomic E-state index is 4.59. The lowest BCUT2D eigenvalue weighted by molar-refractivity contribution is 0.820. The Kier molecular flexibility index (Phi) is 5.56. The molecule has 1 atom stereocenters. The average molecular weight is 349 g/mol. The molecule has 0 fully saturated rings. The molecule has 4 nitrogen and oxygen atoms in total. The first-order valence-corrected chi connectivity index (χ1v) is 7.99.